The number of rotatable bonds is 10. The summed E-state index contributed by atoms with van der Waals surface area (Å²) in [5.41, 5.74) is 5.43. The maximum absolute atomic E-state index is 11.6. The Morgan fingerprint density at radius 2 is 1.75 bits per heavy atom. The highest BCUT2D eigenvalue weighted by Gasteiger charge is 2.12. The summed E-state index contributed by atoms with van der Waals surface area (Å²) in [6.07, 6.45) is 13.0. The largest absolute Gasteiger partial charge is 0.376 e. The van der Waals surface area contributed by atoms with Crippen LogP contribution in [0.25, 0.3) is 0 Å². The second kappa shape index (κ2) is 12.2. The van der Waals surface area contributed by atoms with E-state index in [0.717, 1.165) is 32.2 Å². The smallest absolute Gasteiger partial charge is 0.220 e. The number of carbonyl (C=O) groups is 1. The van der Waals surface area contributed by atoms with Gasteiger partial charge in [0.15, 0.2) is 0 Å². The normalized spacial score (nSPS) is 16.9. The van der Waals surface area contributed by atoms with Crippen LogP contribution in [-0.4, -0.2) is 31.7 Å². The van der Waals surface area contributed by atoms with E-state index in [2.05, 4.69) is 5.32 Å². The van der Waals surface area contributed by atoms with Crippen molar-refractivity contribution in [1.29, 1.82) is 0 Å². The maximum Gasteiger partial charge on any atom is 0.220 e. The van der Waals surface area contributed by atoms with Crippen LogP contribution in [0.15, 0.2) is 0 Å². The topological polar surface area (TPSA) is 64.4 Å². The first-order valence-corrected chi connectivity index (χ1v) is 8.41. The van der Waals surface area contributed by atoms with E-state index < -0.39 is 0 Å². The summed E-state index contributed by atoms with van der Waals surface area (Å²) in [4.78, 5) is 11.6. The average Bonchev–Trinajstić information content (AvgIpc) is 2.72. The highest BCUT2D eigenvalue weighted by atomic mass is 16.5. The minimum Gasteiger partial charge on any atom is -0.376 e. The van der Waals surface area contributed by atoms with Gasteiger partial charge in [-0.05, 0) is 32.2 Å². The second-order valence-electron chi connectivity index (χ2n) is 5.79. The van der Waals surface area contributed by atoms with Crippen molar-refractivity contribution < 1.29 is 9.53 Å². The van der Waals surface area contributed by atoms with Gasteiger partial charge in [0.1, 0.15) is 0 Å². The van der Waals surface area contributed by atoms with Crippen molar-refractivity contribution in [2.45, 2.75) is 76.7 Å². The Kier molecular flexibility index (Phi) is 10.6. The Morgan fingerprint density at radius 1 is 1.05 bits per heavy atom. The molecule has 0 bridgehead atoms. The summed E-state index contributed by atoms with van der Waals surface area (Å²) >= 11 is 0. The molecular formula is C16H32N2O2. The molecule has 1 amide bonds. The minimum atomic E-state index is 0.155. The van der Waals surface area contributed by atoms with E-state index in [9.17, 15) is 4.79 Å². The van der Waals surface area contributed by atoms with Gasteiger partial charge < -0.3 is 15.8 Å². The fraction of sp³-hybridized carbons (Fsp3) is 0.938. The van der Waals surface area contributed by atoms with Gasteiger partial charge >= 0.3 is 0 Å². The first-order chi connectivity index (χ1) is 9.83. The maximum atomic E-state index is 11.6. The van der Waals surface area contributed by atoms with Crippen molar-refractivity contribution in [3.63, 3.8) is 0 Å². The number of hydrogen-bond acceptors (Lipinski definition) is 3. The predicted molar refractivity (Wildman–Crippen MR) is 82.6 cm³/mol. The van der Waals surface area contributed by atoms with Gasteiger partial charge in [-0.3, -0.25) is 4.79 Å². The molecule has 1 fully saturated rings. The zero-order valence-electron chi connectivity index (χ0n) is 12.9. The molecule has 0 unspecified atom stereocenters. The number of nitrogens with one attached hydrogen (secondary N) is 1. The molecule has 0 atom stereocenters. The third-order valence-corrected chi connectivity index (χ3v) is 3.94. The summed E-state index contributed by atoms with van der Waals surface area (Å²) in [6.45, 7) is 2.06. The van der Waals surface area contributed by atoms with Crippen molar-refractivity contribution >= 4 is 5.91 Å². The van der Waals surface area contributed by atoms with Crippen LogP contribution in [0, 0.1) is 0 Å². The molecule has 1 rings (SSSR count). The van der Waals surface area contributed by atoms with Crippen molar-refractivity contribution in [2.75, 3.05) is 19.7 Å². The van der Waals surface area contributed by atoms with Crippen LogP contribution in [0.4, 0.5) is 0 Å². The number of ether oxygens (including phenoxy) is 1. The number of unbranched alkanes of at least 4 members (excludes halogenated alkanes) is 3. The summed E-state index contributed by atoms with van der Waals surface area (Å²) in [5, 5.41) is 2.94. The van der Waals surface area contributed by atoms with E-state index in [-0.39, 0.29) is 5.91 Å². The van der Waals surface area contributed by atoms with Gasteiger partial charge in [-0.15, -0.1) is 0 Å². The molecule has 0 aromatic heterocycles. The molecule has 3 N–H and O–H groups in total. The van der Waals surface area contributed by atoms with E-state index in [4.69, 9.17) is 10.5 Å². The number of nitrogens with two attached hydrogens (primary N) is 1. The molecule has 1 aliphatic rings. The zero-order valence-corrected chi connectivity index (χ0v) is 12.9. The molecule has 1 saturated carbocycles. The van der Waals surface area contributed by atoms with E-state index in [1.54, 1.807) is 0 Å². The number of carbonyl (C=O) groups excluding carboxylic acids is 1. The monoisotopic (exact) mass is 284 g/mol. The Bertz CT molecular complexity index is 239. The molecule has 0 radical (unpaired) electrons. The fourth-order valence-corrected chi connectivity index (χ4v) is 2.70. The molecule has 4 nitrogen and oxygen atoms in total. The van der Waals surface area contributed by atoms with Crippen LogP contribution in [0.3, 0.4) is 0 Å². The Labute approximate surface area is 123 Å². The first-order valence-electron chi connectivity index (χ1n) is 8.41. The van der Waals surface area contributed by atoms with Crippen molar-refractivity contribution in [1.82, 2.24) is 5.32 Å². The quantitative estimate of drug-likeness (QED) is 0.479. The van der Waals surface area contributed by atoms with Crippen molar-refractivity contribution in [2.24, 2.45) is 5.73 Å². The fourth-order valence-electron chi connectivity index (χ4n) is 2.70. The van der Waals surface area contributed by atoms with Crippen LogP contribution in [0.1, 0.15) is 70.6 Å². The molecule has 4 heteroatoms. The molecule has 20 heavy (non-hydrogen) atoms. The van der Waals surface area contributed by atoms with Gasteiger partial charge in [0.2, 0.25) is 5.91 Å². The average molecular weight is 284 g/mol. The number of amides is 1. The van der Waals surface area contributed by atoms with E-state index in [1.165, 1.54) is 38.5 Å². The standard InChI is InChI=1S/C16H32N2O2/c17-12-8-4-3-7-11-16(19)18-13-14-20-15-9-5-1-2-6-10-15/h15H,1-14,17H2,(H,18,19). The molecule has 0 heterocycles. The molecule has 0 aliphatic heterocycles. The van der Waals surface area contributed by atoms with E-state index in [0.29, 0.717) is 25.7 Å². The predicted octanol–water partition coefficient (Wildman–Crippen LogP) is 2.75. The van der Waals surface area contributed by atoms with Crippen molar-refractivity contribution in [3.8, 4) is 0 Å². The highest BCUT2D eigenvalue weighted by molar-refractivity contribution is 5.75. The summed E-state index contributed by atoms with van der Waals surface area (Å²) in [7, 11) is 0. The lowest BCUT2D eigenvalue weighted by atomic mass is 10.1. The first kappa shape index (κ1) is 17.4. The molecule has 0 aromatic carbocycles. The van der Waals surface area contributed by atoms with E-state index >= 15 is 0 Å². The SMILES string of the molecule is NCCCCCCC(=O)NCCOC1CCCCCC1. The third-order valence-electron chi connectivity index (χ3n) is 3.94. The third kappa shape index (κ3) is 9.32. The van der Waals surface area contributed by atoms with Crippen LogP contribution >= 0.6 is 0 Å². The van der Waals surface area contributed by atoms with E-state index in [1.807, 2.05) is 0 Å². The second-order valence-corrected chi connectivity index (χ2v) is 5.79. The van der Waals surface area contributed by atoms with Gasteiger partial charge in [0, 0.05) is 13.0 Å². The van der Waals surface area contributed by atoms with Gasteiger partial charge in [0.25, 0.3) is 0 Å². The molecule has 0 spiro atoms. The zero-order chi connectivity index (χ0) is 14.5. The van der Waals surface area contributed by atoms with Gasteiger partial charge in [-0.25, -0.2) is 0 Å². The number of hydrogen-bond donors (Lipinski definition) is 2. The Hall–Kier alpha value is -0.610. The van der Waals surface area contributed by atoms with Crippen LogP contribution in [0.5, 0.6) is 0 Å². The lowest BCUT2D eigenvalue weighted by Gasteiger charge is -2.15. The minimum absolute atomic E-state index is 0.155. The van der Waals surface area contributed by atoms with Crippen LogP contribution in [0.2, 0.25) is 0 Å². The van der Waals surface area contributed by atoms with Crippen molar-refractivity contribution in [3.05, 3.63) is 0 Å². The Morgan fingerprint density at radius 3 is 2.45 bits per heavy atom. The highest BCUT2D eigenvalue weighted by Crippen LogP contribution is 2.19. The lowest BCUT2D eigenvalue weighted by Crippen LogP contribution is -2.28. The molecule has 0 saturated heterocycles. The Balaban J connectivity index is 1.90. The van der Waals surface area contributed by atoms with Gasteiger partial charge in [-0.1, -0.05) is 38.5 Å². The van der Waals surface area contributed by atoms with Gasteiger partial charge in [0.05, 0.1) is 12.7 Å². The van der Waals surface area contributed by atoms with Gasteiger partial charge in [-0.2, -0.15) is 0 Å². The summed E-state index contributed by atoms with van der Waals surface area (Å²) in [5.74, 6) is 0.155. The molecule has 1 aliphatic carbocycles. The molecule has 118 valence electrons. The summed E-state index contributed by atoms with van der Waals surface area (Å²) < 4.78 is 5.84. The van der Waals surface area contributed by atoms with Crippen LogP contribution < -0.4 is 11.1 Å². The molecular weight excluding hydrogens is 252 g/mol. The summed E-state index contributed by atoms with van der Waals surface area (Å²) in [6, 6.07) is 0. The van der Waals surface area contributed by atoms with Crippen LogP contribution in [-0.2, 0) is 9.53 Å². The lowest BCUT2D eigenvalue weighted by molar-refractivity contribution is -0.121. The molecule has 0 aromatic rings.